The Hall–Kier alpha value is -0.730. The van der Waals surface area contributed by atoms with Gasteiger partial charge in [-0.3, -0.25) is 0 Å². The lowest BCUT2D eigenvalue weighted by atomic mass is 10.1. The van der Waals surface area contributed by atoms with Gasteiger partial charge in [0.2, 0.25) is 0 Å². The molecule has 70 valence electrons. The monoisotopic (exact) mass is 197 g/mol. The predicted molar refractivity (Wildman–Crippen MR) is 54.2 cm³/mol. The fraction of sp³-hybridized carbons (Fsp3) is 0.400. The molecule has 0 aromatic heterocycles. The van der Waals surface area contributed by atoms with Crippen molar-refractivity contribution in [2.45, 2.75) is 13.0 Å². The zero-order valence-electron chi connectivity index (χ0n) is 7.33. The Labute approximate surface area is 82.7 Å². The van der Waals surface area contributed by atoms with E-state index in [-0.39, 0.29) is 6.61 Å². The van der Waals surface area contributed by atoms with E-state index in [0.717, 1.165) is 29.4 Å². The van der Waals surface area contributed by atoms with Crippen LogP contribution >= 0.6 is 11.6 Å². The van der Waals surface area contributed by atoms with E-state index < -0.39 is 0 Å². The Balaban J connectivity index is 2.26. The summed E-state index contributed by atoms with van der Waals surface area (Å²) in [6.45, 7) is 2.25. The molecule has 0 atom stereocenters. The third-order valence-electron chi connectivity index (χ3n) is 2.39. The average Bonchev–Trinajstić information content (AvgIpc) is 2.05. The Morgan fingerprint density at radius 1 is 1.38 bits per heavy atom. The lowest BCUT2D eigenvalue weighted by Crippen LogP contribution is -2.37. The molecule has 0 amide bonds. The Kier molecular flexibility index (Phi) is 2.42. The van der Waals surface area contributed by atoms with E-state index in [4.69, 9.17) is 16.7 Å². The maximum absolute atomic E-state index is 8.89. The molecule has 1 N–H and O–H groups in total. The van der Waals surface area contributed by atoms with Crippen LogP contribution in [0.5, 0.6) is 0 Å². The second kappa shape index (κ2) is 3.56. The van der Waals surface area contributed by atoms with Crippen LogP contribution in [0.15, 0.2) is 18.2 Å². The topological polar surface area (TPSA) is 23.5 Å². The average molecular weight is 198 g/mol. The van der Waals surface area contributed by atoms with Gasteiger partial charge in [-0.15, -0.1) is 0 Å². The van der Waals surface area contributed by atoms with Gasteiger partial charge in [-0.1, -0.05) is 17.7 Å². The fourth-order valence-corrected chi connectivity index (χ4v) is 1.79. The van der Waals surface area contributed by atoms with E-state index in [1.165, 1.54) is 6.42 Å². The zero-order valence-corrected chi connectivity index (χ0v) is 8.09. The van der Waals surface area contributed by atoms with Gasteiger partial charge >= 0.3 is 0 Å². The van der Waals surface area contributed by atoms with Crippen molar-refractivity contribution in [3.63, 3.8) is 0 Å². The Morgan fingerprint density at radius 3 is 2.62 bits per heavy atom. The van der Waals surface area contributed by atoms with Gasteiger partial charge in [-0.05, 0) is 24.1 Å². The van der Waals surface area contributed by atoms with Crippen LogP contribution < -0.4 is 4.90 Å². The highest BCUT2D eigenvalue weighted by atomic mass is 35.5. The van der Waals surface area contributed by atoms with Crippen molar-refractivity contribution >= 4 is 17.3 Å². The van der Waals surface area contributed by atoms with E-state index in [1.807, 2.05) is 18.2 Å². The van der Waals surface area contributed by atoms with Gasteiger partial charge in [0.05, 0.1) is 17.3 Å². The first kappa shape index (κ1) is 8.85. The van der Waals surface area contributed by atoms with Crippen molar-refractivity contribution in [3.8, 4) is 0 Å². The van der Waals surface area contributed by atoms with E-state index in [0.29, 0.717) is 0 Å². The summed E-state index contributed by atoms with van der Waals surface area (Å²) in [4.78, 5) is 2.24. The molecule has 1 aliphatic heterocycles. The standard InChI is InChI=1S/C10H12ClNO/c11-9-6-8(7-13)2-3-10(9)12-4-1-5-12/h2-3,6,13H,1,4-5,7H2. The summed E-state index contributed by atoms with van der Waals surface area (Å²) in [6.07, 6.45) is 1.25. The maximum atomic E-state index is 8.89. The molecule has 0 aliphatic carbocycles. The lowest BCUT2D eigenvalue weighted by molar-refractivity contribution is 0.282. The molecule has 0 bridgehead atoms. The molecular formula is C10H12ClNO. The highest BCUT2D eigenvalue weighted by Gasteiger charge is 2.16. The van der Waals surface area contributed by atoms with Crippen molar-refractivity contribution in [2.24, 2.45) is 0 Å². The summed E-state index contributed by atoms with van der Waals surface area (Å²) in [7, 11) is 0. The first-order valence-electron chi connectivity index (χ1n) is 4.45. The number of aliphatic hydroxyl groups excluding tert-OH is 1. The quantitative estimate of drug-likeness (QED) is 0.785. The van der Waals surface area contributed by atoms with Crippen molar-refractivity contribution in [1.29, 1.82) is 0 Å². The van der Waals surface area contributed by atoms with E-state index >= 15 is 0 Å². The molecular weight excluding hydrogens is 186 g/mol. The Morgan fingerprint density at radius 2 is 2.15 bits per heavy atom. The smallest absolute Gasteiger partial charge is 0.0682 e. The number of nitrogens with zero attached hydrogens (tertiary/aromatic N) is 1. The summed E-state index contributed by atoms with van der Waals surface area (Å²) < 4.78 is 0. The summed E-state index contributed by atoms with van der Waals surface area (Å²) in [5, 5.41) is 9.63. The molecule has 2 nitrogen and oxygen atoms in total. The fourth-order valence-electron chi connectivity index (χ4n) is 1.46. The van der Waals surface area contributed by atoms with Crippen LogP contribution in [0, 0.1) is 0 Å². The Bertz CT molecular complexity index is 310. The first-order chi connectivity index (χ1) is 6.31. The van der Waals surface area contributed by atoms with Crippen LogP contribution in [0.1, 0.15) is 12.0 Å². The molecule has 1 aromatic rings. The molecule has 1 aliphatic rings. The third-order valence-corrected chi connectivity index (χ3v) is 2.69. The van der Waals surface area contributed by atoms with Gasteiger partial charge in [0.15, 0.2) is 0 Å². The molecule has 0 saturated carbocycles. The lowest BCUT2D eigenvalue weighted by Gasteiger charge is -2.33. The third kappa shape index (κ3) is 1.64. The molecule has 1 aromatic carbocycles. The molecule has 0 spiro atoms. The second-order valence-corrected chi connectivity index (χ2v) is 3.69. The highest BCUT2D eigenvalue weighted by molar-refractivity contribution is 6.33. The minimum atomic E-state index is 0.0556. The number of benzene rings is 1. The molecule has 13 heavy (non-hydrogen) atoms. The largest absolute Gasteiger partial charge is 0.392 e. The van der Waals surface area contributed by atoms with Crippen LogP contribution in [-0.2, 0) is 6.61 Å². The molecule has 1 saturated heterocycles. The van der Waals surface area contributed by atoms with Crippen molar-refractivity contribution in [2.75, 3.05) is 18.0 Å². The number of halogens is 1. The van der Waals surface area contributed by atoms with Gasteiger partial charge in [0.25, 0.3) is 0 Å². The molecule has 2 rings (SSSR count). The number of hydrogen-bond donors (Lipinski definition) is 1. The summed E-state index contributed by atoms with van der Waals surface area (Å²) in [5.41, 5.74) is 1.96. The van der Waals surface area contributed by atoms with Gasteiger partial charge in [0.1, 0.15) is 0 Å². The first-order valence-corrected chi connectivity index (χ1v) is 4.83. The zero-order chi connectivity index (χ0) is 9.26. The van der Waals surface area contributed by atoms with E-state index in [1.54, 1.807) is 0 Å². The van der Waals surface area contributed by atoms with E-state index in [9.17, 15) is 0 Å². The molecule has 0 radical (unpaired) electrons. The van der Waals surface area contributed by atoms with Crippen molar-refractivity contribution in [1.82, 2.24) is 0 Å². The van der Waals surface area contributed by atoms with Crippen LogP contribution in [-0.4, -0.2) is 18.2 Å². The van der Waals surface area contributed by atoms with E-state index in [2.05, 4.69) is 4.90 Å². The second-order valence-electron chi connectivity index (χ2n) is 3.28. The molecule has 1 fully saturated rings. The number of rotatable bonds is 2. The van der Waals surface area contributed by atoms with Gasteiger partial charge < -0.3 is 10.0 Å². The molecule has 0 unspecified atom stereocenters. The van der Waals surface area contributed by atoms with Crippen LogP contribution in [0.4, 0.5) is 5.69 Å². The summed E-state index contributed by atoms with van der Waals surface area (Å²) in [5.74, 6) is 0. The van der Waals surface area contributed by atoms with Crippen LogP contribution in [0.2, 0.25) is 5.02 Å². The summed E-state index contributed by atoms with van der Waals surface area (Å²) >= 11 is 6.06. The highest BCUT2D eigenvalue weighted by Crippen LogP contribution is 2.29. The predicted octanol–water partition coefficient (Wildman–Crippen LogP) is 2.04. The number of aliphatic hydroxyl groups is 1. The minimum Gasteiger partial charge on any atom is -0.392 e. The minimum absolute atomic E-state index is 0.0556. The summed E-state index contributed by atoms with van der Waals surface area (Å²) in [6, 6.07) is 5.72. The normalized spacial score (nSPS) is 15.7. The van der Waals surface area contributed by atoms with Gasteiger partial charge in [-0.25, -0.2) is 0 Å². The van der Waals surface area contributed by atoms with Gasteiger partial charge in [0, 0.05) is 13.1 Å². The molecule has 3 heteroatoms. The van der Waals surface area contributed by atoms with Gasteiger partial charge in [-0.2, -0.15) is 0 Å². The van der Waals surface area contributed by atoms with Crippen LogP contribution in [0.25, 0.3) is 0 Å². The number of hydrogen-bond acceptors (Lipinski definition) is 2. The van der Waals surface area contributed by atoms with Crippen molar-refractivity contribution < 1.29 is 5.11 Å². The van der Waals surface area contributed by atoms with Crippen LogP contribution in [0.3, 0.4) is 0 Å². The maximum Gasteiger partial charge on any atom is 0.0682 e. The SMILES string of the molecule is OCc1ccc(N2CCC2)c(Cl)c1. The molecule has 1 heterocycles. The van der Waals surface area contributed by atoms with Crippen molar-refractivity contribution in [3.05, 3.63) is 28.8 Å². The number of anilines is 1.